The Labute approximate surface area is 130 Å². The van der Waals surface area contributed by atoms with E-state index in [4.69, 9.17) is 11.8 Å². The zero-order valence-electron chi connectivity index (χ0n) is 14.5. The van der Waals surface area contributed by atoms with Crippen LogP contribution in [0, 0.1) is 0 Å². The Bertz CT molecular complexity index is 371. The lowest BCUT2D eigenvalue weighted by Gasteiger charge is -2.47. The summed E-state index contributed by atoms with van der Waals surface area (Å²) in [6.45, 7) is 19.1. The predicted molar refractivity (Wildman–Crippen MR) is 92.8 cm³/mol. The van der Waals surface area contributed by atoms with E-state index >= 15 is 0 Å². The third-order valence-electron chi connectivity index (χ3n) is 3.31. The van der Waals surface area contributed by atoms with Gasteiger partial charge in [-0.3, -0.25) is 0 Å². The van der Waals surface area contributed by atoms with Crippen molar-refractivity contribution in [3.8, 4) is 0 Å². The maximum Gasteiger partial charge on any atom is 0.322 e. The molecule has 118 valence electrons. The highest BCUT2D eigenvalue weighted by Gasteiger charge is 2.45. The standard InChI is InChI=1S/C14H31N4PS/c1-10(2)17(11(3)4)19(20,14(9)16-15)18(12(5)6)13(7)8/h10-13H,1-9H3. The average Bonchev–Trinajstić information content (AvgIpc) is 2.25. The third-order valence-corrected chi connectivity index (χ3v) is 9.26. The molecule has 4 nitrogen and oxygen atoms in total. The molecule has 0 saturated heterocycles. The minimum atomic E-state index is -2.26. The molecule has 0 aliphatic rings. The molecule has 0 aliphatic heterocycles. The lowest BCUT2D eigenvalue weighted by Crippen LogP contribution is -2.46. The molecule has 0 rings (SSSR count). The van der Waals surface area contributed by atoms with Crippen molar-refractivity contribution in [2.24, 2.45) is 0 Å². The molecule has 0 bridgehead atoms. The van der Waals surface area contributed by atoms with Crippen molar-refractivity contribution in [2.45, 2.75) is 86.5 Å². The summed E-state index contributed by atoms with van der Waals surface area (Å²) >= 11 is 6.14. The Morgan fingerprint density at radius 3 is 1.25 bits per heavy atom. The largest absolute Gasteiger partial charge is 0.361 e. The van der Waals surface area contributed by atoms with E-state index in [1.165, 1.54) is 0 Å². The van der Waals surface area contributed by atoms with Crippen LogP contribution in [0.2, 0.25) is 0 Å². The second kappa shape index (κ2) is 7.82. The van der Waals surface area contributed by atoms with Gasteiger partial charge >= 0.3 is 5.45 Å². The molecule has 0 aromatic rings. The van der Waals surface area contributed by atoms with Crippen LogP contribution in [-0.4, -0.2) is 43.8 Å². The van der Waals surface area contributed by atoms with E-state index in [1.807, 2.05) is 6.92 Å². The Hall–Kier alpha value is -0.0500. The second-order valence-electron chi connectivity index (χ2n) is 6.33. The van der Waals surface area contributed by atoms with Crippen molar-refractivity contribution >= 4 is 23.6 Å². The Balaban J connectivity index is 6.24. The molecular weight excluding hydrogens is 287 g/mol. The van der Waals surface area contributed by atoms with Gasteiger partial charge in [0.2, 0.25) is 0 Å². The third kappa shape index (κ3) is 3.99. The van der Waals surface area contributed by atoms with Crippen molar-refractivity contribution < 1.29 is 4.79 Å². The van der Waals surface area contributed by atoms with Gasteiger partial charge in [-0.05, 0) is 55.4 Å². The van der Waals surface area contributed by atoms with Crippen molar-refractivity contribution in [3.05, 3.63) is 5.53 Å². The minimum absolute atomic E-state index is 0.303. The molecule has 0 unspecified atom stereocenters. The molecule has 0 aromatic carbocycles. The van der Waals surface area contributed by atoms with Gasteiger partial charge in [0.1, 0.15) is 0 Å². The Morgan fingerprint density at radius 1 is 0.850 bits per heavy atom. The molecule has 0 spiro atoms. The summed E-state index contributed by atoms with van der Waals surface area (Å²) < 4.78 is 4.69. The minimum Gasteiger partial charge on any atom is -0.361 e. The van der Waals surface area contributed by atoms with Gasteiger partial charge in [-0.15, -0.1) is 0 Å². The molecule has 0 amide bonds. The van der Waals surface area contributed by atoms with Gasteiger partial charge in [0.05, 0.1) is 0 Å². The summed E-state index contributed by atoms with van der Waals surface area (Å²) in [5.74, 6) is 0. The molecule has 0 saturated carbocycles. The Morgan fingerprint density at radius 2 is 1.10 bits per heavy atom. The summed E-state index contributed by atoms with van der Waals surface area (Å²) in [6.07, 6.45) is -2.26. The summed E-state index contributed by atoms with van der Waals surface area (Å²) in [6, 6.07) is 1.21. The highest BCUT2D eigenvalue weighted by Crippen LogP contribution is 2.58. The fourth-order valence-corrected chi connectivity index (χ4v) is 8.86. The number of nitrogens with zero attached hydrogens (tertiary/aromatic N) is 4. The molecule has 0 N–H and O–H groups in total. The van der Waals surface area contributed by atoms with E-state index in [1.54, 1.807) is 0 Å². The predicted octanol–water partition coefficient (Wildman–Crippen LogP) is 4.18. The lowest BCUT2D eigenvalue weighted by atomic mass is 10.3. The summed E-state index contributed by atoms with van der Waals surface area (Å²) in [4.78, 5) is 3.51. The SMILES string of the molecule is CC(=[N+]=[N-])P(=S)(N(C(C)C)C(C)C)N(C(C)C)C(C)C. The fraction of sp³-hybridized carbons (Fsp3) is 0.929. The first kappa shape index (κ1) is 19.9. The van der Waals surface area contributed by atoms with Crippen LogP contribution in [0.25, 0.3) is 5.53 Å². The molecule has 0 aromatic heterocycles. The van der Waals surface area contributed by atoms with E-state index in [2.05, 4.69) is 69.5 Å². The molecule has 0 heterocycles. The zero-order chi connectivity index (χ0) is 16.2. The van der Waals surface area contributed by atoms with Gasteiger partial charge in [-0.2, -0.15) is 4.79 Å². The molecule has 0 fully saturated rings. The van der Waals surface area contributed by atoms with Gasteiger partial charge < -0.3 is 5.53 Å². The van der Waals surface area contributed by atoms with Gasteiger partial charge in [0, 0.05) is 31.1 Å². The van der Waals surface area contributed by atoms with Gasteiger partial charge in [-0.25, -0.2) is 9.34 Å². The van der Waals surface area contributed by atoms with E-state index in [9.17, 15) is 5.53 Å². The zero-order valence-corrected chi connectivity index (χ0v) is 16.2. The normalized spacial score (nSPS) is 13.2. The summed E-state index contributed by atoms with van der Waals surface area (Å²) in [5, 5.41) is 0. The number of hydrogen-bond acceptors (Lipinski definition) is 1. The van der Waals surface area contributed by atoms with Crippen LogP contribution < -0.4 is 0 Å². The van der Waals surface area contributed by atoms with E-state index in [-0.39, 0.29) is 0 Å². The number of hydrogen-bond donors (Lipinski definition) is 0. The van der Waals surface area contributed by atoms with E-state index in [0.717, 1.165) is 0 Å². The first-order valence-corrected chi connectivity index (χ1v) is 10.1. The van der Waals surface area contributed by atoms with Crippen LogP contribution in [0.3, 0.4) is 0 Å². The quantitative estimate of drug-likeness (QED) is 0.306. The highest BCUT2D eigenvalue weighted by atomic mass is 32.4. The average molecular weight is 318 g/mol. The molecule has 0 aliphatic carbocycles. The van der Waals surface area contributed by atoms with Gasteiger partial charge in [0.15, 0.2) is 6.34 Å². The molecule has 20 heavy (non-hydrogen) atoms. The van der Waals surface area contributed by atoms with Crippen molar-refractivity contribution in [1.82, 2.24) is 9.34 Å². The van der Waals surface area contributed by atoms with Crippen LogP contribution >= 0.6 is 6.34 Å². The maximum atomic E-state index is 9.39. The van der Waals surface area contributed by atoms with Crippen LogP contribution in [0.1, 0.15) is 62.3 Å². The first-order chi connectivity index (χ1) is 9.01. The monoisotopic (exact) mass is 318 g/mol. The smallest absolute Gasteiger partial charge is 0.322 e. The highest BCUT2D eigenvalue weighted by molar-refractivity contribution is 8.20. The number of rotatable bonds is 7. The molecule has 0 atom stereocenters. The second-order valence-corrected chi connectivity index (χ2v) is 10.5. The van der Waals surface area contributed by atoms with Crippen LogP contribution in [0.5, 0.6) is 0 Å². The van der Waals surface area contributed by atoms with Crippen molar-refractivity contribution in [3.63, 3.8) is 0 Å². The van der Waals surface area contributed by atoms with Crippen LogP contribution in [-0.2, 0) is 11.8 Å². The summed E-state index contributed by atoms with van der Waals surface area (Å²) in [5.41, 5.74) is 10.1. The van der Waals surface area contributed by atoms with E-state index < -0.39 is 6.34 Å². The molecule has 0 radical (unpaired) electrons. The molecular formula is C14H31N4PS. The molecule has 6 heteroatoms. The van der Waals surface area contributed by atoms with Crippen molar-refractivity contribution in [2.75, 3.05) is 0 Å². The van der Waals surface area contributed by atoms with E-state index in [0.29, 0.717) is 29.6 Å². The van der Waals surface area contributed by atoms with Gasteiger partial charge in [0.25, 0.3) is 0 Å². The van der Waals surface area contributed by atoms with Crippen molar-refractivity contribution in [1.29, 1.82) is 0 Å². The topological polar surface area (TPSA) is 42.9 Å². The first-order valence-electron chi connectivity index (χ1n) is 7.38. The summed E-state index contributed by atoms with van der Waals surface area (Å²) in [7, 11) is 0. The van der Waals surface area contributed by atoms with Gasteiger partial charge in [-0.1, -0.05) is 11.8 Å². The maximum absolute atomic E-state index is 9.39. The Kier molecular flexibility index (Phi) is 7.80. The lowest BCUT2D eigenvalue weighted by molar-refractivity contribution is -0.00232. The van der Waals surface area contributed by atoms with Crippen LogP contribution in [0.4, 0.5) is 0 Å². The fourth-order valence-electron chi connectivity index (χ4n) is 2.96. The van der Waals surface area contributed by atoms with Crippen LogP contribution in [0.15, 0.2) is 0 Å².